The van der Waals surface area contributed by atoms with Gasteiger partial charge in [0.25, 0.3) is 0 Å². The average molecular weight is 1500 g/mol. The molecule has 0 aliphatic heterocycles. The second kappa shape index (κ2) is 35.4. The van der Waals surface area contributed by atoms with Crippen LogP contribution in [0.1, 0.15) is 27.8 Å². The molecule has 0 saturated heterocycles. The Morgan fingerprint density at radius 2 is 0.901 bits per heavy atom. The van der Waals surface area contributed by atoms with Gasteiger partial charge in [0, 0.05) is 101 Å². The first-order chi connectivity index (χ1) is 42.9. The van der Waals surface area contributed by atoms with Crippen LogP contribution in [-0.4, -0.2) is 89.0 Å². The SMILES string of the molecule is C[Si](C)(C)CCOCn1cnc(-c2sc(-c3ccncc3)cc2Br)n1.C[Si](C)(C)CCOCn1cnc(-c2sc(-c3ccncc3)cc2Cc2ccc(Cl)cc2)n1.Clc1ccc(Cc2cc(-c3ccncc3)sc2-c2ncn[nH]2)cc1.[CH2-]c1ccc(Cl)cc1.[Cl-].[Zn+2]. The summed E-state index contributed by atoms with van der Waals surface area (Å²) in [7, 11) is -2.16. The van der Waals surface area contributed by atoms with Crippen LogP contribution in [-0.2, 0) is 55.3 Å². The van der Waals surface area contributed by atoms with Gasteiger partial charge in [-0.2, -0.15) is 29.7 Å². The van der Waals surface area contributed by atoms with Gasteiger partial charge in [-0.05, 0) is 159 Å². The minimum Gasteiger partial charge on any atom is -1.00 e. The molecule has 3 aromatic carbocycles. The second-order valence-electron chi connectivity index (χ2n) is 22.9. The monoisotopic (exact) mass is 1490 g/mol. The fourth-order valence-electron chi connectivity index (χ4n) is 8.44. The summed E-state index contributed by atoms with van der Waals surface area (Å²) in [5, 5.41) is 18.5. The number of thiophene rings is 3. The summed E-state index contributed by atoms with van der Waals surface area (Å²) in [6.45, 7) is 20.2. The summed E-state index contributed by atoms with van der Waals surface area (Å²) in [6, 6.07) is 44.2. The Balaban J connectivity index is 0.000000182. The molecule has 0 saturated carbocycles. The summed E-state index contributed by atoms with van der Waals surface area (Å²) < 4.78 is 16.1. The maximum absolute atomic E-state index is 6.07. The van der Waals surface area contributed by atoms with E-state index in [1.807, 2.05) is 110 Å². The first-order valence-corrected chi connectivity index (χ1v) is 40.3. The molecule has 0 unspecified atom stereocenters. The summed E-state index contributed by atoms with van der Waals surface area (Å²) in [4.78, 5) is 32.4. The number of nitrogens with zero attached hydrogens (tertiary/aromatic N) is 11. The largest absolute Gasteiger partial charge is 2.00 e. The van der Waals surface area contributed by atoms with E-state index in [9.17, 15) is 0 Å². The van der Waals surface area contributed by atoms with E-state index in [1.165, 1.54) is 38.3 Å². The fraction of sp³-hybridized carbons (Fsp3) is 0.212. The van der Waals surface area contributed by atoms with Crippen LogP contribution in [0.15, 0.2) is 188 Å². The van der Waals surface area contributed by atoms with E-state index in [1.54, 1.807) is 68.4 Å². The zero-order chi connectivity index (χ0) is 62.8. The topological polar surface area (TPSA) is 160 Å². The van der Waals surface area contributed by atoms with Crippen LogP contribution < -0.4 is 12.4 Å². The molecular weight excluding hydrogens is 1430 g/mol. The second-order valence-corrected chi connectivity index (χ2v) is 39.5. The molecule has 0 aliphatic rings. The van der Waals surface area contributed by atoms with Crippen molar-refractivity contribution in [2.45, 2.75) is 77.7 Å². The number of benzene rings is 3. The number of H-pyrrole nitrogens is 1. The molecule has 9 aromatic heterocycles. The van der Waals surface area contributed by atoms with Gasteiger partial charge >= 0.3 is 19.5 Å². The molecular formula is C66H67BrCl4N12O2S3Si2Zn. The molecule has 1 N–H and O–H groups in total. The molecule has 0 atom stereocenters. The van der Waals surface area contributed by atoms with Crippen LogP contribution in [0, 0.1) is 6.92 Å². The van der Waals surface area contributed by atoms with Crippen LogP contribution in [0.4, 0.5) is 0 Å². The first-order valence-electron chi connectivity index (χ1n) is 28.5. The third-order valence-electron chi connectivity index (χ3n) is 13.3. The van der Waals surface area contributed by atoms with Crippen LogP contribution >= 0.6 is 84.7 Å². The molecule has 0 aliphatic carbocycles. The minimum atomic E-state index is -1.10. The summed E-state index contributed by atoms with van der Waals surface area (Å²) in [5.74, 6) is 2.24. The Morgan fingerprint density at radius 1 is 0.516 bits per heavy atom. The van der Waals surface area contributed by atoms with Gasteiger partial charge in [0.2, 0.25) is 0 Å². The quantitative estimate of drug-likeness (QED) is 0.0439. The first kappa shape index (κ1) is 72.5. The molecule has 12 rings (SSSR count). The summed E-state index contributed by atoms with van der Waals surface area (Å²) in [6.07, 6.45) is 17.5. The average Bonchev–Trinajstić information content (AvgIpc) is 2.14. The van der Waals surface area contributed by atoms with Crippen molar-refractivity contribution in [3.63, 3.8) is 0 Å². The number of halogens is 5. The van der Waals surface area contributed by atoms with Gasteiger partial charge in [0.15, 0.2) is 17.5 Å². The predicted octanol–water partition coefficient (Wildman–Crippen LogP) is 16.1. The van der Waals surface area contributed by atoms with Crippen LogP contribution in [0.3, 0.4) is 0 Å². The van der Waals surface area contributed by atoms with Gasteiger partial charge in [-0.25, -0.2) is 24.3 Å². The van der Waals surface area contributed by atoms with Gasteiger partial charge in [-0.1, -0.05) is 110 Å². The summed E-state index contributed by atoms with van der Waals surface area (Å²) in [5.41, 5.74) is 9.24. The van der Waals surface area contributed by atoms with E-state index in [4.69, 9.17) is 49.4 Å². The fourth-order valence-corrected chi connectivity index (χ4v) is 14.4. The van der Waals surface area contributed by atoms with Gasteiger partial charge in [-0.15, -0.1) is 44.2 Å². The van der Waals surface area contributed by atoms with Crippen LogP contribution in [0.2, 0.25) is 66.4 Å². The molecule has 466 valence electrons. The minimum absolute atomic E-state index is 0. The molecule has 14 nitrogen and oxygen atoms in total. The number of ether oxygens (including phenoxy) is 2. The number of aromatic amines is 1. The van der Waals surface area contributed by atoms with Crippen molar-refractivity contribution in [3.8, 4) is 63.4 Å². The number of nitrogens with one attached hydrogen (secondary N) is 1. The standard InChI is InChI=1S/C24H27ClN4OSSi.C18H13ClN4S.C17H21BrN4OSSi.C7H6Cl.ClH.Zn/c1-32(2,3)13-12-30-17-29-16-27-24(28-29)23-20(14-18-4-6-21(25)7-5-18)15-22(31-23)19-8-10-26-11-9-19;19-15-3-1-12(2-4-15)9-14-10-16(13-5-7-20-8-6-13)24-17(14)18-21-11-22-23-18;1-25(2,3)9-8-23-12-22-11-20-17(21-22)16-14(18)10-15(24-16)13-4-6-19-7-5-13;1-6-2-4-7(8)5-3-6;;/h4-11,15-16H,12-14,17H2,1-3H3;1-8,10-11H,9H2,(H,21,22,23);4-7,10-11H,8-9,12H2,1-3H3;2-5H,1H2;1H;/q;;;-1;;+2/p-1. The molecule has 0 amide bonds. The molecule has 0 radical (unpaired) electrons. The number of pyridine rings is 3. The molecule has 9 heterocycles. The van der Waals surface area contributed by atoms with Crippen molar-refractivity contribution in [3.05, 3.63) is 238 Å². The van der Waals surface area contributed by atoms with Crippen molar-refractivity contribution in [2.24, 2.45) is 0 Å². The van der Waals surface area contributed by atoms with Crippen molar-refractivity contribution in [1.29, 1.82) is 0 Å². The maximum atomic E-state index is 6.07. The van der Waals surface area contributed by atoms with E-state index in [-0.39, 0.29) is 31.9 Å². The van der Waals surface area contributed by atoms with Crippen LogP contribution in [0.25, 0.3) is 63.4 Å². The van der Waals surface area contributed by atoms with Crippen LogP contribution in [0.5, 0.6) is 0 Å². The van der Waals surface area contributed by atoms with Gasteiger partial charge in [0.1, 0.15) is 32.4 Å². The van der Waals surface area contributed by atoms with Crippen molar-refractivity contribution in [1.82, 2.24) is 59.7 Å². The zero-order valence-electron chi connectivity index (χ0n) is 51.2. The Labute approximate surface area is 588 Å². The normalized spacial score (nSPS) is 11.1. The smallest absolute Gasteiger partial charge is 1.00 e. The van der Waals surface area contributed by atoms with E-state index < -0.39 is 16.1 Å². The number of rotatable bonds is 20. The van der Waals surface area contributed by atoms with E-state index in [0.29, 0.717) is 19.3 Å². The predicted molar refractivity (Wildman–Crippen MR) is 376 cm³/mol. The number of hydrogen-bond donors (Lipinski definition) is 1. The molecule has 25 heteroatoms. The van der Waals surface area contributed by atoms with E-state index >= 15 is 0 Å². The van der Waals surface area contributed by atoms with Gasteiger partial charge in [0.05, 0.1) is 14.6 Å². The van der Waals surface area contributed by atoms with Crippen molar-refractivity contribution < 1.29 is 41.4 Å². The van der Waals surface area contributed by atoms with E-state index in [0.717, 1.165) is 111 Å². The molecule has 91 heavy (non-hydrogen) atoms. The van der Waals surface area contributed by atoms with Gasteiger partial charge < -0.3 is 21.9 Å². The third kappa shape index (κ3) is 23.0. The Hall–Kier alpha value is -5.88. The summed E-state index contributed by atoms with van der Waals surface area (Å²) >= 11 is 26.3. The maximum Gasteiger partial charge on any atom is 2.00 e. The van der Waals surface area contributed by atoms with Gasteiger partial charge in [-0.3, -0.25) is 20.1 Å². The van der Waals surface area contributed by atoms with E-state index in [2.05, 4.69) is 150 Å². The zero-order valence-corrected chi connectivity index (χ0v) is 63.3. The Bertz CT molecular complexity index is 4060. The Kier molecular flexibility index (Phi) is 28.2. The van der Waals surface area contributed by atoms with Crippen molar-refractivity contribution >= 4 is 101 Å². The molecule has 0 fully saturated rings. The molecule has 12 aromatic rings. The molecule has 0 bridgehead atoms. The van der Waals surface area contributed by atoms with Crippen molar-refractivity contribution in [2.75, 3.05) is 13.2 Å². The Morgan fingerprint density at radius 3 is 1.31 bits per heavy atom. The number of aromatic nitrogens is 12. The number of hydrogen-bond acceptors (Lipinski definition) is 14. The third-order valence-corrected chi connectivity index (χ3v) is 22.0. The molecule has 0 spiro atoms.